The second kappa shape index (κ2) is 6.56. The van der Waals surface area contributed by atoms with Crippen LogP contribution in [0, 0.1) is 0 Å². The molecule has 0 fully saturated rings. The molecule has 3 aromatic carbocycles. The van der Waals surface area contributed by atoms with Crippen LogP contribution < -0.4 is 11.1 Å². The monoisotopic (exact) mass is 436 g/mol. The zero-order chi connectivity index (χ0) is 19.4. The first kappa shape index (κ1) is 17.6. The van der Waals surface area contributed by atoms with Gasteiger partial charge in [-0.3, -0.25) is 0 Å². The summed E-state index contributed by atoms with van der Waals surface area (Å²) in [6.07, 6.45) is 0.773. The molecule has 0 aliphatic carbocycles. The fourth-order valence-electron chi connectivity index (χ4n) is 4.16. The van der Waals surface area contributed by atoms with Gasteiger partial charge in [-0.1, -0.05) is 0 Å². The Morgan fingerprint density at radius 1 is 0.786 bits per heavy atom. The molecular formula is C23H20N2O2Se. The van der Waals surface area contributed by atoms with Gasteiger partial charge in [0.05, 0.1) is 0 Å². The number of rotatable bonds is 4. The second-order valence-electron chi connectivity index (χ2n) is 7.54. The van der Waals surface area contributed by atoms with Crippen LogP contribution in [0.15, 0.2) is 58.1 Å². The molecule has 0 atom stereocenters. The van der Waals surface area contributed by atoms with E-state index in [4.69, 9.17) is 0 Å². The van der Waals surface area contributed by atoms with Gasteiger partial charge < -0.3 is 0 Å². The Hall–Kier alpha value is -2.46. The molecule has 5 heteroatoms. The normalized spacial score (nSPS) is 12.2. The van der Waals surface area contributed by atoms with E-state index in [-0.39, 0.29) is 25.6 Å². The number of fused-ring (bicyclic) bond motifs is 2. The van der Waals surface area contributed by atoms with Crippen molar-refractivity contribution in [2.75, 3.05) is 20.6 Å². The van der Waals surface area contributed by atoms with Crippen molar-refractivity contribution in [3.63, 3.8) is 0 Å². The Balaban J connectivity index is 1.87. The van der Waals surface area contributed by atoms with E-state index < -0.39 is 0 Å². The van der Waals surface area contributed by atoms with E-state index in [2.05, 4.69) is 41.3 Å². The SMILES string of the molecule is CN(C)CCCn1c(=O)c2ccc3[se]c4ccccc4c4ccc(c1=O)c2c34. The summed E-state index contributed by atoms with van der Waals surface area (Å²) in [6.45, 7) is 1.30. The van der Waals surface area contributed by atoms with Crippen LogP contribution in [-0.4, -0.2) is 44.6 Å². The average molecular weight is 435 g/mol. The van der Waals surface area contributed by atoms with Gasteiger partial charge in [0.25, 0.3) is 0 Å². The van der Waals surface area contributed by atoms with Crippen molar-refractivity contribution in [2.45, 2.75) is 13.0 Å². The van der Waals surface area contributed by atoms with Crippen molar-refractivity contribution in [1.29, 1.82) is 0 Å². The van der Waals surface area contributed by atoms with Crippen molar-refractivity contribution in [3.05, 3.63) is 69.2 Å². The summed E-state index contributed by atoms with van der Waals surface area (Å²) >= 11 is 0.176. The molecule has 0 bridgehead atoms. The van der Waals surface area contributed by atoms with Crippen molar-refractivity contribution in [1.82, 2.24) is 9.47 Å². The van der Waals surface area contributed by atoms with Gasteiger partial charge in [-0.05, 0) is 0 Å². The third kappa shape index (κ3) is 2.55. The maximum absolute atomic E-state index is 13.2. The van der Waals surface area contributed by atoms with Gasteiger partial charge >= 0.3 is 168 Å². The van der Waals surface area contributed by atoms with Crippen LogP contribution in [0.5, 0.6) is 0 Å². The number of hydrogen-bond acceptors (Lipinski definition) is 3. The number of pyridine rings is 1. The van der Waals surface area contributed by atoms with Gasteiger partial charge in [-0.2, -0.15) is 0 Å². The molecule has 5 aromatic rings. The van der Waals surface area contributed by atoms with Crippen LogP contribution in [0.4, 0.5) is 0 Å². The van der Waals surface area contributed by atoms with E-state index in [9.17, 15) is 9.59 Å². The molecule has 0 saturated carbocycles. The standard InChI is InChI=1S/C23H20N2O2Se/c1-24(2)12-5-13-25-22(26)16-9-8-15-14-6-3-4-7-18(14)28-19-11-10-17(23(25)27)20(16)21(15)19/h3-4,6-11H,5,12-13H2,1-2H3. The number of hydrogen-bond donors (Lipinski definition) is 0. The van der Waals surface area contributed by atoms with Gasteiger partial charge in [0, 0.05) is 0 Å². The molecule has 140 valence electrons. The molecule has 2 aromatic heterocycles. The third-order valence-corrected chi connectivity index (χ3v) is 7.84. The van der Waals surface area contributed by atoms with E-state index >= 15 is 0 Å². The fourth-order valence-corrected chi connectivity index (χ4v) is 6.51. The van der Waals surface area contributed by atoms with E-state index in [1.165, 1.54) is 18.5 Å². The predicted molar refractivity (Wildman–Crippen MR) is 118 cm³/mol. The Kier molecular flexibility index (Phi) is 4.13. The minimum absolute atomic E-state index is 0.161. The molecule has 2 heterocycles. The average Bonchev–Trinajstić information content (AvgIpc) is 2.70. The van der Waals surface area contributed by atoms with Gasteiger partial charge in [0.2, 0.25) is 0 Å². The molecular weight excluding hydrogens is 415 g/mol. The van der Waals surface area contributed by atoms with Gasteiger partial charge in [-0.25, -0.2) is 0 Å². The van der Waals surface area contributed by atoms with E-state index in [0.29, 0.717) is 17.3 Å². The molecule has 0 N–H and O–H groups in total. The van der Waals surface area contributed by atoms with Crippen molar-refractivity contribution < 1.29 is 0 Å². The van der Waals surface area contributed by atoms with E-state index in [1.807, 2.05) is 26.2 Å². The summed E-state index contributed by atoms with van der Waals surface area (Å²) in [5, 5.41) is 5.65. The molecule has 28 heavy (non-hydrogen) atoms. The summed E-state index contributed by atoms with van der Waals surface area (Å²) in [5.41, 5.74) is -0.322. The van der Waals surface area contributed by atoms with Crippen molar-refractivity contribution >= 4 is 55.3 Å². The van der Waals surface area contributed by atoms with Crippen LogP contribution in [-0.2, 0) is 6.54 Å². The predicted octanol–water partition coefficient (Wildman–Crippen LogP) is 3.27. The first-order valence-electron chi connectivity index (χ1n) is 9.44. The second-order valence-corrected chi connectivity index (χ2v) is 9.81. The Morgan fingerprint density at radius 3 is 2.21 bits per heavy atom. The van der Waals surface area contributed by atoms with Gasteiger partial charge in [0.15, 0.2) is 0 Å². The van der Waals surface area contributed by atoms with E-state index in [0.717, 1.165) is 29.1 Å². The topological polar surface area (TPSA) is 42.3 Å². The van der Waals surface area contributed by atoms with Crippen LogP contribution >= 0.6 is 0 Å². The van der Waals surface area contributed by atoms with Gasteiger partial charge in [0.1, 0.15) is 0 Å². The quantitative estimate of drug-likeness (QED) is 0.247. The molecule has 0 radical (unpaired) electrons. The maximum atomic E-state index is 13.2. The van der Waals surface area contributed by atoms with Crippen molar-refractivity contribution in [2.24, 2.45) is 0 Å². The summed E-state index contributed by atoms with van der Waals surface area (Å²) in [5.74, 6) is 0. The molecule has 4 nitrogen and oxygen atoms in total. The van der Waals surface area contributed by atoms with Crippen molar-refractivity contribution in [3.8, 4) is 0 Å². The van der Waals surface area contributed by atoms with Gasteiger partial charge in [-0.15, -0.1) is 0 Å². The van der Waals surface area contributed by atoms with Crippen LogP contribution in [0.2, 0.25) is 0 Å². The zero-order valence-electron chi connectivity index (χ0n) is 15.9. The summed E-state index contributed by atoms with van der Waals surface area (Å²) in [7, 11) is 3.99. The Morgan fingerprint density at radius 2 is 1.46 bits per heavy atom. The summed E-state index contributed by atoms with van der Waals surface area (Å²) < 4.78 is 4.03. The molecule has 0 aliphatic heterocycles. The molecule has 0 unspecified atom stereocenters. The number of benzene rings is 3. The molecule has 0 aliphatic rings. The zero-order valence-corrected chi connectivity index (χ0v) is 17.6. The summed E-state index contributed by atoms with van der Waals surface area (Å²) in [6, 6.07) is 16.4. The minimum atomic E-state index is -0.161. The first-order valence-corrected chi connectivity index (χ1v) is 11.2. The molecule has 0 spiro atoms. The Bertz CT molecular complexity index is 1430. The Labute approximate surface area is 167 Å². The third-order valence-electron chi connectivity index (χ3n) is 5.46. The number of aromatic nitrogens is 1. The fraction of sp³-hybridized carbons (Fsp3) is 0.217. The van der Waals surface area contributed by atoms with Crippen LogP contribution in [0.3, 0.4) is 0 Å². The van der Waals surface area contributed by atoms with E-state index in [1.54, 1.807) is 0 Å². The number of nitrogens with zero attached hydrogens (tertiary/aromatic N) is 2. The first-order chi connectivity index (χ1) is 13.6. The van der Waals surface area contributed by atoms with Crippen LogP contribution in [0.1, 0.15) is 6.42 Å². The summed E-state index contributed by atoms with van der Waals surface area (Å²) in [4.78, 5) is 28.4. The molecule has 0 amide bonds. The van der Waals surface area contributed by atoms with Crippen LogP contribution in [0.25, 0.3) is 40.8 Å². The molecule has 5 rings (SSSR count). The molecule has 0 saturated heterocycles.